The number of rotatable bonds is 4. The molecule has 124 valence electrons. The smallest absolute Gasteiger partial charge is 0.252 e. The summed E-state index contributed by atoms with van der Waals surface area (Å²) >= 11 is 20.7. The normalized spacial score (nSPS) is 9.50. The summed E-state index contributed by atoms with van der Waals surface area (Å²) in [5, 5.41) is -2.31. The standard InChI is InChI=1S/2C8H4Cl2O2/c9-7(11)5-1-2-6(4-3-5)8(10)12;9-7(11)5-2-1-3-6(4-5)8(10)12/h2*1-4H. The first kappa shape index (κ1) is 20.3. The highest BCUT2D eigenvalue weighted by Gasteiger charge is 2.06. The van der Waals surface area contributed by atoms with E-state index in [2.05, 4.69) is 0 Å². The second-order valence-corrected chi connectivity index (χ2v) is 5.63. The average molecular weight is 406 g/mol. The van der Waals surface area contributed by atoms with Crippen LogP contribution < -0.4 is 0 Å². The van der Waals surface area contributed by atoms with Gasteiger partial charge in [-0.2, -0.15) is 0 Å². The van der Waals surface area contributed by atoms with Crippen LogP contribution in [0.3, 0.4) is 0 Å². The molecule has 8 heteroatoms. The predicted molar refractivity (Wildman–Crippen MR) is 93.6 cm³/mol. The van der Waals surface area contributed by atoms with Gasteiger partial charge in [-0.1, -0.05) is 18.2 Å². The number of hydrogen-bond acceptors (Lipinski definition) is 4. The highest BCUT2D eigenvalue weighted by molar-refractivity contribution is 6.69. The zero-order valence-electron chi connectivity index (χ0n) is 11.8. The minimum Gasteiger partial charge on any atom is -0.276 e. The highest BCUT2D eigenvalue weighted by atomic mass is 35.5. The van der Waals surface area contributed by atoms with Crippen LogP contribution in [0.1, 0.15) is 41.4 Å². The molecule has 2 aromatic carbocycles. The van der Waals surface area contributed by atoms with E-state index in [0.717, 1.165) is 0 Å². The van der Waals surface area contributed by atoms with Gasteiger partial charge in [-0.05, 0) is 76.7 Å². The minimum absolute atomic E-state index is 0.267. The lowest BCUT2D eigenvalue weighted by atomic mass is 10.1. The van der Waals surface area contributed by atoms with E-state index in [1.165, 1.54) is 42.5 Å². The molecule has 2 aromatic rings. The maximum atomic E-state index is 10.6. The number of carbonyl (C=O) groups is 4. The third-order valence-corrected chi connectivity index (χ3v) is 3.53. The Morgan fingerprint density at radius 2 is 0.792 bits per heavy atom. The number of halogens is 4. The van der Waals surface area contributed by atoms with E-state index in [1.807, 2.05) is 0 Å². The SMILES string of the molecule is O=C(Cl)c1ccc(C(=O)Cl)cc1.O=C(Cl)c1cccc(C(=O)Cl)c1. The molecule has 0 amide bonds. The number of benzene rings is 2. The molecule has 0 saturated heterocycles. The van der Waals surface area contributed by atoms with Crippen molar-refractivity contribution in [2.45, 2.75) is 0 Å². The molecule has 24 heavy (non-hydrogen) atoms. The van der Waals surface area contributed by atoms with Crippen molar-refractivity contribution in [3.63, 3.8) is 0 Å². The summed E-state index contributed by atoms with van der Waals surface area (Å²) in [5.41, 5.74) is 1.23. The molecule has 0 spiro atoms. The predicted octanol–water partition coefficient (Wildman–Crippen LogP) is 4.89. The van der Waals surface area contributed by atoms with Gasteiger partial charge >= 0.3 is 0 Å². The zero-order valence-corrected chi connectivity index (χ0v) is 14.8. The van der Waals surface area contributed by atoms with Gasteiger partial charge in [0.2, 0.25) is 0 Å². The van der Waals surface area contributed by atoms with Gasteiger partial charge in [-0.15, -0.1) is 0 Å². The van der Waals surface area contributed by atoms with Gasteiger partial charge < -0.3 is 0 Å². The van der Waals surface area contributed by atoms with Crippen LogP contribution in [0.15, 0.2) is 48.5 Å². The van der Waals surface area contributed by atoms with Crippen LogP contribution in [-0.2, 0) is 0 Å². The summed E-state index contributed by atoms with van der Waals surface area (Å²) in [6.07, 6.45) is 0. The van der Waals surface area contributed by atoms with Gasteiger partial charge in [-0.25, -0.2) is 0 Å². The van der Waals surface area contributed by atoms with E-state index in [0.29, 0.717) is 11.1 Å². The van der Waals surface area contributed by atoms with Crippen LogP contribution in [0.5, 0.6) is 0 Å². The van der Waals surface area contributed by atoms with Crippen LogP contribution >= 0.6 is 46.4 Å². The van der Waals surface area contributed by atoms with Gasteiger partial charge in [0.05, 0.1) is 0 Å². The zero-order chi connectivity index (χ0) is 18.3. The molecule has 0 heterocycles. The molecule has 0 unspecified atom stereocenters. The maximum Gasteiger partial charge on any atom is 0.252 e. The molecular weight excluding hydrogens is 398 g/mol. The molecule has 0 bridgehead atoms. The van der Waals surface area contributed by atoms with Crippen molar-refractivity contribution >= 4 is 67.4 Å². The molecule has 0 aromatic heterocycles. The first-order valence-corrected chi connectivity index (χ1v) is 7.73. The van der Waals surface area contributed by atoms with Crippen LogP contribution in [0.2, 0.25) is 0 Å². The van der Waals surface area contributed by atoms with E-state index in [9.17, 15) is 19.2 Å². The van der Waals surface area contributed by atoms with E-state index >= 15 is 0 Å². The third-order valence-electron chi connectivity index (χ3n) is 2.66. The topological polar surface area (TPSA) is 68.3 Å². The second-order valence-electron chi connectivity index (χ2n) is 4.25. The molecule has 0 aliphatic heterocycles. The van der Waals surface area contributed by atoms with Crippen LogP contribution in [-0.4, -0.2) is 21.0 Å². The van der Waals surface area contributed by atoms with Crippen molar-refractivity contribution in [1.29, 1.82) is 0 Å². The maximum absolute atomic E-state index is 10.6. The van der Waals surface area contributed by atoms with E-state index in [1.54, 1.807) is 6.07 Å². The summed E-state index contributed by atoms with van der Waals surface area (Å²) in [4.78, 5) is 42.4. The van der Waals surface area contributed by atoms with Crippen molar-refractivity contribution in [2.75, 3.05) is 0 Å². The van der Waals surface area contributed by atoms with Gasteiger partial charge in [0.25, 0.3) is 21.0 Å². The van der Waals surface area contributed by atoms with Crippen molar-refractivity contribution in [1.82, 2.24) is 0 Å². The van der Waals surface area contributed by atoms with Crippen molar-refractivity contribution in [3.05, 3.63) is 70.8 Å². The lowest BCUT2D eigenvalue weighted by Crippen LogP contribution is -1.93. The van der Waals surface area contributed by atoms with Crippen LogP contribution in [0.25, 0.3) is 0 Å². The average Bonchev–Trinajstić information content (AvgIpc) is 2.55. The summed E-state index contributed by atoms with van der Waals surface area (Å²) in [6, 6.07) is 11.7. The Kier molecular flexibility index (Phi) is 8.08. The van der Waals surface area contributed by atoms with Gasteiger partial charge in [0.1, 0.15) is 0 Å². The Hall–Kier alpha value is -1.72. The van der Waals surface area contributed by atoms with Crippen LogP contribution in [0, 0.1) is 0 Å². The largest absolute Gasteiger partial charge is 0.276 e. The van der Waals surface area contributed by atoms with Crippen molar-refractivity contribution in [3.8, 4) is 0 Å². The monoisotopic (exact) mass is 404 g/mol. The fourth-order valence-corrected chi connectivity index (χ4v) is 1.98. The van der Waals surface area contributed by atoms with Crippen molar-refractivity contribution < 1.29 is 19.2 Å². The molecule has 0 atom stereocenters. The molecule has 0 saturated carbocycles. The quantitative estimate of drug-likeness (QED) is 0.679. The number of hydrogen-bond donors (Lipinski definition) is 0. The molecular formula is C16H8Cl4O4. The second kappa shape index (κ2) is 9.55. The molecule has 2 rings (SSSR count). The fourth-order valence-electron chi connectivity index (χ4n) is 1.50. The van der Waals surface area contributed by atoms with Gasteiger partial charge in [0.15, 0.2) is 0 Å². The molecule has 0 radical (unpaired) electrons. The van der Waals surface area contributed by atoms with Crippen molar-refractivity contribution in [2.24, 2.45) is 0 Å². The Balaban J connectivity index is 0.000000240. The van der Waals surface area contributed by atoms with E-state index < -0.39 is 21.0 Å². The molecule has 4 nitrogen and oxygen atoms in total. The Morgan fingerprint density at radius 3 is 1.04 bits per heavy atom. The molecule has 0 fully saturated rings. The summed E-state index contributed by atoms with van der Waals surface area (Å²) in [5.74, 6) is 0. The van der Waals surface area contributed by atoms with Gasteiger partial charge in [-0.3, -0.25) is 19.2 Å². The molecule has 0 N–H and O–H groups in total. The fraction of sp³-hybridized carbons (Fsp3) is 0. The highest BCUT2D eigenvalue weighted by Crippen LogP contribution is 2.10. The first-order chi connectivity index (χ1) is 11.2. The Morgan fingerprint density at radius 1 is 0.500 bits per heavy atom. The Bertz CT molecular complexity index is 723. The first-order valence-electron chi connectivity index (χ1n) is 6.22. The summed E-state index contributed by atoms with van der Waals surface area (Å²) in [7, 11) is 0. The van der Waals surface area contributed by atoms with E-state index in [4.69, 9.17) is 46.4 Å². The lowest BCUT2D eigenvalue weighted by molar-refractivity contribution is 0.107. The van der Waals surface area contributed by atoms with Gasteiger partial charge in [0, 0.05) is 22.3 Å². The minimum atomic E-state index is -0.602. The lowest BCUT2D eigenvalue weighted by Gasteiger charge is -1.95. The Labute approximate surface area is 157 Å². The molecule has 0 aliphatic rings. The number of carbonyl (C=O) groups excluding carboxylic acids is 4. The van der Waals surface area contributed by atoms with E-state index in [-0.39, 0.29) is 11.1 Å². The van der Waals surface area contributed by atoms with Crippen LogP contribution in [0.4, 0.5) is 0 Å². The summed E-state index contributed by atoms with van der Waals surface area (Å²) < 4.78 is 0. The molecule has 0 aliphatic carbocycles. The third kappa shape index (κ3) is 6.42. The summed E-state index contributed by atoms with van der Waals surface area (Å²) in [6.45, 7) is 0.